The van der Waals surface area contributed by atoms with E-state index in [9.17, 15) is 5.26 Å². The number of rotatable bonds is 6. The molecular formula is C16H24N4O. The second-order valence-electron chi connectivity index (χ2n) is 5.52. The van der Waals surface area contributed by atoms with Crippen LogP contribution >= 0.6 is 0 Å². The molecule has 1 aliphatic heterocycles. The quantitative estimate of drug-likeness (QED) is 0.785. The highest BCUT2D eigenvalue weighted by Gasteiger charge is 2.12. The highest BCUT2D eigenvalue weighted by Crippen LogP contribution is 2.17. The molecule has 5 heteroatoms. The largest absolute Gasteiger partial charge is 0.378 e. The second kappa shape index (κ2) is 7.96. The third-order valence-corrected chi connectivity index (χ3v) is 3.71. The van der Waals surface area contributed by atoms with Gasteiger partial charge in [0.2, 0.25) is 0 Å². The molecule has 2 N–H and O–H groups in total. The standard InChI is InChI=1S/C16H24N4O/c1-12-10-13(2)20-16(15(12)11-17)19-6-3-9-21-14-4-7-18-8-5-14/h10,14,18H,3-9H2,1-2H3,(H,19,20). The molecular weight excluding hydrogens is 264 g/mol. The van der Waals surface area contributed by atoms with Crippen LogP contribution in [0.1, 0.15) is 36.1 Å². The fourth-order valence-corrected chi connectivity index (χ4v) is 2.60. The molecule has 1 aromatic rings. The van der Waals surface area contributed by atoms with Gasteiger partial charge in [-0.05, 0) is 57.8 Å². The maximum Gasteiger partial charge on any atom is 0.144 e. The summed E-state index contributed by atoms with van der Waals surface area (Å²) >= 11 is 0. The Morgan fingerprint density at radius 2 is 2.19 bits per heavy atom. The van der Waals surface area contributed by atoms with Crippen LogP contribution in [0.3, 0.4) is 0 Å². The lowest BCUT2D eigenvalue weighted by Gasteiger charge is -2.22. The molecule has 0 saturated carbocycles. The molecule has 0 unspecified atom stereocenters. The summed E-state index contributed by atoms with van der Waals surface area (Å²) in [6.45, 7) is 7.53. The molecule has 1 fully saturated rings. The molecule has 2 rings (SSSR count). The van der Waals surface area contributed by atoms with Crippen LogP contribution in [0.25, 0.3) is 0 Å². The Kier molecular flexibility index (Phi) is 5.97. The Labute approximate surface area is 126 Å². The molecule has 0 aromatic carbocycles. The summed E-state index contributed by atoms with van der Waals surface area (Å²) in [5, 5.41) is 15.8. The van der Waals surface area contributed by atoms with Gasteiger partial charge in [-0.25, -0.2) is 4.98 Å². The molecule has 114 valence electrons. The van der Waals surface area contributed by atoms with Crippen molar-refractivity contribution in [3.63, 3.8) is 0 Å². The zero-order valence-corrected chi connectivity index (χ0v) is 12.9. The molecule has 0 atom stereocenters. The lowest BCUT2D eigenvalue weighted by molar-refractivity contribution is 0.0329. The van der Waals surface area contributed by atoms with Gasteiger partial charge in [0.1, 0.15) is 11.9 Å². The van der Waals surface area contributed by atoms with Gasteiger partial charge in [0.25, 0.3) is 0 Å². The van der Waals surface area contributed by atoms with E-state index in [1.165, 1.54) is 0 Å². The van der Waals surface area contributed by atoms with Crippen LogP contribution in [0, 0.1) is 25.2 Å². The van der Waals surface area contributed by atoms with Crippen molar-refractivity contribution in [3.05, 3.63) is 22.9 Å². The molecule has 0 amide bonds. The number of pyridine rings is 1. The van der Waals surface area contributed by atoms with Crippen molar-refractivity contribution in [2.24, 2.45) is 0 Å². The first kappa shape index (κ1) is 15.7. The van der Waals surface area contributed by atoms with Gasteiger partial charge in [-0.2, -0.15) is 5.26 Å². The first-order valence-corrected chi connectivity index (χ1v) is 7.65. The predicted molar refractivity (Wildman–Crippen MR) is 83.4 cm³/mol. The SMILES string of the molecule is Cc1cc(C)c(C#N)c(NCCCOC2CCNCC2)n1. The Hall–Kier alpha value is -1.64. The van der Waals surface area contributed by atoms with Crippen molar-refractivity contribution < 1.29 is 4.74 Å². The van der Waals surface area contributed by atoms with Crippen LogP contribution < -0.4 is 10.6 Å². The van der Waals surface area contributed by atoms with Crippen molar-refractivity contribution in [3.8, 4) is 6.07 Å². The minimum atomic E-state index is 0.403. The van der Waals surface area contributed by atoms with E-state index in [1.54, 1.807) is 0 Å². The Morgan fingerprint density at radius 1 is 1.43 bits per heavy atom. The highest BCUT2D eigenvalue weighted by molar-refractivity contribution is 5.56. The van der Waals surface area contributed by atoms with E-state index in [-0.39, 0.29) is 0 Å². The molecule has 1 saturated heterocycles. The molecule has 1 aliphatic rings. The van der Waals surface area contributed by atoms with Crippen LogP contribution in [0.15, 0.2) is 6.07 Å². The van der Waals surface area contributed by atoms with E-state index < -0.39 is 0 Å². The minimum absolute atomic E-state index is 0.403. The van der Waals surface area contributed by atoms with Crippen LogP contribution in [0.5, 0.6) is 0 Å². The van der Waals surface area contributed by atoms with E-state index in [0.29, 0.717) is 17.5 Å². The average molecular weight is 288 g/mol. The van der Waals surface area contributed by atoms with E-state index >= 15 is 0 Å². The molecule has 21 heavy (non-hydrogen) atoms. The summed E-state index contributed by atoms with van der Waals surface area (Å²) in [6, 6.07) is 4.15. The van der Waals surface area contributed by atoms with E-state index in [4.69, 9.17) is 4.74 Å². The van der Waals surface area contributed by atoms with Crippen LogP contribution in [0.4, 0.5) is 5.82 Å². The third kappa shape index (κ3) is 4.69. The first-order valence-electron chi connectivity index (χ1n) is 7.65. The zero-order chi connectivity index (χ0) is 15.1. The maximum absolute atomic E-state index is 9.20. The molecule has 0 radical (unpaired) electrons. The molecule has 0 spiro atoms. The molecule has 0 bridgehead atoms. The number of nitriles is 1. The summed E-state index contributed by atoms with van der Waals surface area (Å²) in [5.74, 6) is 0.692. The van der Waals surface area contributed by atoms with Crippen molar-refractivity contribution >= 4 is 5.82 Å². The predicted octanol–water partition coefficient (Wildman–Crippen LogP) is 2.14. The number of piperidine rings is 1. The van der Waals surface area contributed by atoms with Crippen molar-refractivity contribution in [2.75, 3.05) is 31.6 Å². The summed E-state index contributed by atoms with van der Waals surface area (Å²) in [7, 11) is 0. The van der Waals surface area contributed by atoms with Gasteiger partial charge in [-0.1, -0.05) is 0 Å². The summed E-state index contributed by atoms with van der Waals surface area (Å²) < 4.78 is 5.86. The maximum atomic E-state index is 9.20. The van der Waals surface area contributed by atoms with Gasteiger partial charge < -0.3 is 15.4 Å². The lowest BCUT2D eigenvalue weighted by Crippen LogP contribution is -2.32. The van der Waals surface area contributed by atoms with Gasteiger partial charge in [-0.3, -0.25) is 0 Å². The second-order valence-corrected chi connectivity index (χ2v) is 5.52. The van der Waals surface area contributed by atoms with Gasteiger partial charge in [0.05, 0.1) is 11.7 Å². The van der Waals surface area contributed by atoms with Gasteiger partial charge >= 0.3 is 0 Å². The lowest BCUT2D eigenvalue weighted by atomic mass is 10.1. The van der Waals surface area contributed by atoms with Crippen LogP contribution in [-0.2, 0) is 4.74 Å². The average Bonchev–Trinajstić information content (AvgIpc) is 2.47. The minimum Gasteiger partial charge on any atom is -0.378 e. The monoisotopic (exact) mass is 288 g/mol. The zero-order valence-electron chi connectivity index (χ0n) is 12.9. The summed E-state index contributed by atoms with van der Waals surface area (Å²) in [5.41, 5.74) is 2.54. The number of ether oxygens (including phenoxy) is 1. The fraction of sp³-hybridized carbons (Fsp3) is 0.625. The highest BCUT2D eigenvalue weighted by atomic mass is 16.5. The summed E-state index contributed by atoms with van der Waals surface area (Å²) in [6.07, 6.45) is 3.53. The molecule has 5 nitrogen and oxygen atoms in total. The Morgan fingerprint density at radius 3 is 2.90 bits per heavy atom. The number of nitrogens with one attached hydrogen (secondary N) is 2. The summed E-state index contributed by atoms with van der Waals surface area (Å²) in [4.78, 5) is 4.41. The third-order valence-electron chi connectivity index (χ3n) is 3.71. The molecule has 2 heterocycles. The first-order chi connectivity index (χ1) is 10.2. The normalized spacial score (nSPS) is 15.7. The van der Waals surface area contributed by atoms with Gasteiger partial charge in [0.15, 0.2) is 0 Å². The molecule has 0 aliphatic carbocycles. The number of hydrogen-bond donors (Lipinski definition) is 2. The topological polar surface area (TPSA) is 70.0 Å². The van der Waals surface area contributed by atoms with E-state index in [2.05, 4.69) is 21.7 Å². The number of hydrogen-bond acceptors (Lipinski definition) is 5. The van der Waals surface area contributed by atoms with E-state index in [0.717, 1.165) is 56.8 Å². The molecule has 1 aromatic heterocycles. The van der Waals surface area contributed by atoms with Crippen molar-refractivity contribution in [2.45, 2.75) is 39.2 Å². The smallest absolute Gasteiger partial charge is 0.144 e. The fourth-order valence-electron chi connectivity index (χ4n) is 2.60. The van der Waals surface area contributed by atoms with E-state index in [1.807, 2.05) is 19.9 Å². The Balaban J connectivity index is 1.74. The van der Waals surface area contributed by atoms with Crippen LogP contribution in [-0.4, -0.2) is 37.3 Å². The van der Waals surface area contributed by atoms with Gasteiger partial charge in [0, 0.05) is 18.8 Å². The number of aryl methyl sites for hydroxylation is 2. The van der Waals surface area contributed by atoms with Crippen LogP contribution in [0.2, 0.25) is 0 Å². The Bertz CT molecular complexity index is 504. The van der Waals surface area contributed by atoms with Crippen molar-refractivity contribution in [1.82, 2.24) is 10.3 Å². The van der Waals surface area contributed by atoms with Crippen molar-refractivity contribution in [1.29, 1.82) is 5.26 Å². The number of anilines is 1. The number of nitrogens with zero attached hydrogens (tertiary/aromatic N) is 2. The number of aromatic nitrogens is 1. The van der Waals surface area contributed by atoms with Gasteiger partial charge in [-0.15, -0.1) is 0 Å².